The van der Waals surface area contributed by atoms with E-state index in [9.17, 15) is 4.79 Å². The van der Waals surface area contributed by atoms with Crippen LogP contribution in [0.1, 0.15) is 19.8 Å². The number of piperidine rings is 1. The van der Waals surface area contributed by atoms with Gasteiger partial charge in [-0.15, -0.1) is 0 Å². The fourth-order valence-electron chi connectivity index (χ4n) is 3.07. The Hall–Kier alpha value is -2.73. The Bertz CT molecular complexity index is 753. The summed E-state index contributed by atoms with van der Waals surface area (Å²) in [5.41, 5.74) is 0.714. The highest BCUT2D eigenvalue weighted by Gasteiger charge is 2.18. The quantitative estimate of drug-likeness (QED) is 0.791. The summed E-state index contributed by atoms with van der Waals surface area (Å²) in [6.45, 7) is 3.84. The number of benzene rings is 2. The Balaban J connectivity index is 1.49. The molecule has 0 unspecified atom stereocenters. The van der Waals surface area contributed by atoms with E-state index in [4.69, 9.17) is 14.2 Å². The van der Waals surface area contributed by atoms with E-state index in [1.165, 1.54) is 0 Å². The summed E-state index contributed by atoms with van der Waals surface area (Å²) in [7, 11) is 3.74. The van der Waals surface area contributed by atoms with Crippen LogP contribution in [0.15, 0.2) is 48.5 Å². The van der Waals surface area contributed by atoms with Crippen molar-refractivity contribution in [1.29, 1.82) is 0 Å². The van der Waals surface area contributed by atoms with E-state index in [0.29, 0.717) is 11.4 Å². The van der Waals surface area contributed by atoms with Gasteiger partial charge in [0, 0.05) is 18.8 Å². The van der Waals surface area contributed by atoms with E-state index in [0.717, 1.165) is 37.4 Å². The molecule has 1 fully saturated rings. The molecule has 1 amide bonds. The van der Waals surface area contributed by atoms with E-state index < -0.39 is 6.10 Å². The van der Waals surface area contributed by atoms with Gasteiger partial charge >= 0.3 is 0 Å². The fraction of sp³-hybridized carbons (Fsp3) is 0.409. The molecule has 0 aromatic heterocycles. The lowest BCUT2D eigenvalue weighted by Gasteiger charge is -2.29. The third-order valence-corrected chi connectivity index (χ3v) is 4.83. The zero-order valence-corrected chi connectivity index (χ0v) is 16.7. The van der Waals surface area contributed by atoms with Crippen molar-refractivity contribution in [1.82, 2.24) is 4.90 Å². The average molecular weight is 384 g/mol. The summed E-state index contributed by atoms with van der Waals surface area (Å²) in [6, 6.07) is 14.6. The van der Waals surface area contributed by atoms with Gasteiger partial charge in [0.05, 0.1) is 7.11 Å². The second-order valence-corrected chi connectivity index (χ2v) is 7.07. The molecule has 1 heterocycles. The molecular formula is C22H28N2O4. The van der Waals surface area contributed by atoms with Gasteiger partial charge in [0.1, 0.15) is 23.4 Å². The molecule has 0 aliphatic carbocycles. The number of nitrogens with zero attached hydrogens (tertiary/aromatic N) is 1. The molecule has 1 aliphatic heterocycles. The van der Waals surface area contributed by atoms with Gasteiger partial charge in [-0.2, -0.15) is 0 Å². The van der Waals surface area contributed by atoms with Crippen molar-refractivity contribution in [2.75, 3.05) is 32.6 Å². The number of carbonyl (C=O) groups is 1. The van der Waals surface area contributed by atoms with E-state index in [-0.39, 0.29) is 12.0 Å². The largest absolute Gasteiger partial charge is 0.497 e. The zero-order valence-electron chi connectivity index (χ0n) is 16.7. The molecule has 150 valence electrons. The number of carbonyl (C=O) groups excluding carboxylic acids is 1. The van der Waals surface area contributed by atoms with Gasteiger partial charge < -0.3 is 24.4 Å². The first-order chi connectivity index (χ1) is 13.5. The molecule has 0 saturated carbocycles. The number of ether oxygens (including phenoxy) is 3. The number of amides is 1. The first-order valence-corrected chi connectivity index (χ1v) is 9.60. The molecule has 1 atom stereocenters. The summed E-state index contributed by atoms with van der Waals surface area (Å²) in [5, 5.41) is 2.87. The standard InChI is InChI=1S/C22H28N2O4/c1-16(27-19-10-8-18(26-3)9-11-19)22(25)23-17-4-6-20(7-5-17)28-21-12-14-24(2)15-13-21/h4-11,16,21H,12-15H2,1-3H3,(H,23,25)/t16-/m1/s1. The van der Waals surface area contributed by atoms with Crippen molar-refractivity contribution in [2.45, 2.75) is 32.0 Å². The first-order valence-electron chi connectivity index (χ1n) is 9.60. The minimum atomic E-state index is -0.622. The second kappa shape index (κ2) is 9.46. The molecule has 2 aromatic carbocycles. The maximum absolute atomic E-state index is 12.4. The topological polar surface area (TPSA) is 60.0 Å². The van der Waals surface area contributed by atoms with Crippen molar-refractivity contribution < 1.29 is 19.0 Å². The third kappa shape index (κ3) is 5.63. The van der Waals surface area contributed by atoms with Crippen LogP contribution in [-0.2, 0) is 4.79 Å². The molecular weight excluding hydrogens is 356 g/mol. The number of nitrogens with one attached hydrogen (secondary N) is 1. The van der Waals surface area contributed by atoms with Crippen LogP contribution in [0.5, 0.6) is 17.2 Å². The van der Waals surface area contributed by atoms with Crippen LogP contribution in [0, 0.1) is 0 Å². The van der Waals surface area contributed by atoms with Gasteiger partial charge in [0.15, 0.2) is 6.10 Å². The molecule has 0 radical (unpaired) electrons. The molecule has 28 heavy (non-hydrogen) atoms. The van der Waals surface area contributed by atoms with Crippen molar-refractivity contribution in [3.63, 3.8) is 0 Å². The third-order valence-electron chi connectivity index (χ3n) is 4.83. The molecule has 2 aromatic rings. The predicted molar refractivity (Wildman–Crippen MR) is 109 cm³/mol. The van der Waals surface area contributed by atoms with E-state index in [2.05, 4.69) is 17.3 Å². The van der Waals surface area contributed by atoms with Gasteiger partial charge in [-0.25, -0.2) is 0 Å². The highest BCUT2D eigenvalue weighted by molar-refractivity contribution is 5.94. The van der Waals surface area contributed by atoms with Crippen LogP contribution < -0.4 is 19.5 Å². The molecule has 6 nitrogen and oxygen atoms in total. The number of likely N-dealkylation sites (tertiary alicyclic amines) is 1. The van der Waals surface area contributed by atoms with Crippen LogP contribution in [0.2, 0.25) is 0 Å². The van der Waals surface area contributed by atoms with Crippen LogP contribution in [-0.4, -0.2) is 50.3 Å². The smallest absolute Gasteiger partial charge is 0.265 e. The molecule has 3 rings (SSSR count). The molecule has 1 N–H and O–H groups in total. The minimum Gasteiger partial charge on any atom is -0.497 e. The lowest BCUT2D eigenvalue weighted by molar-refractivity contribution is -0.122. The highest BCUT2D eigenvalue weighted by atomic mass is 16.5. The molecule has 0 spiro atoms. The zero-order chi connectivity index (χ0) is 19.9. The lowest BCUT2D eigenvalue weighted by Crippen LogP contribution is -2.35. The van der Waals surface area contributed by atoms with E-state index in [1.807, 2.05) is 24.3 Å². The second-order valence-electron chi connectivity index (χ2n) is 7.07. The van der Waals surface area contributed by atoms with Crippen LogP contribution in [0.3, 0.4) is 0 Å². The molecule has 6 heteroatoms. The van der Waals surface area contributed by atoms with Crippen LogP contribution in [0.25, 0.3) is 0 Å². The maximum Gasteiger partial charge on any atom is 0.265 e. The predicted octanol–water partition coefficient (Wildman–Crippen LogP) is 3.57. The normalized spacial score (nSPS) is 16.2. The molecule has 0 bridgehead atoms. The van der Waals surface area contributed by atoms with Gasteiger partial charge in [0.25, 0.3) is 5.91 Å². The van der Waals surface area contributed by atoms with Crippen molar-refractivity contribution in [3.05, 3.63) is 48.5 Å². The fourth-order valence-corrected chi connectivity index (χ4v) is 3.07. The van der Waals surface area contributed by atoms with Gasteiger partial charge in [0.2, 0.25) is 0 Å². The van der Waals surface area contributed by atoms with Crippen LogP contribution >= 0.6 is 0 Å². The van der Waals surface area contributed by atoms with E-state index in [1.54, 1.807) is 38.3 Å². The number of hydrogen-bond donors (Lipinski definition) is 1. The number of anilines is 1. The lowest BCUT2D eigenvalue weighted by atomic mass is 10.1. The summed E-state index contributed by atoms with van der Waals surface area (Å²) in [5.74, 6) is 1.98. The highest BCUT2D eigenvalue weighted by Crippen LogP contribution is 2.22. The van der Waals surface area contributed by atoms with Crippen molar-refractivity contribution in [2.24, 2.45) is 0 Å². The molecule has 1 aliphatic rings. The number of rotatable bonds is 7. The SMILES string of the molecule is COc1ccc(O[C@H](C)C(=O)Nc2ccc(OC3CCN(C)CC3)cc2)cc1. The Labute approximate surface area is 166 Å². The first kappa shape index (κ1) is 20.0. The Morgan fingerprint density at radius 3 is 2.18 bits per heavy atom. The molecule has 1 saturated heterocycles. The van der Waals surface area contributed by atoms with Crippen molar-refractivity contribution >= 4 is 11.6 Å². The van der Waals surface area contributed by atoms with Crippen molar-refractivity contribution in [3.8, 4) is 17.2 Å². The number of methoxy groups -OCH3 is 1. The van der Waals surface area contributed by atoms with Gasteiger partial charge in [-0.3, -0.25) is 4.79 Å². The summed E-state index contributed by atoms with van der Waals surface area (Å²) < 4.78 is 16.8. The maximum atomic E-state index is 12.4. The average Bonchev–Trinajstić information content (AvgIpc) is 2.71. The monoisotopic (exact) mass is 384 g/mol. The van der Waals surface area contributed by atoms with E-state index >= 15 is 0 Å². The minimum absolute atomic E-state index is 0.209. The van der Waals surface area contributed by atoms with Gasteiger partial charge in [-0.05, 0) is 75.3 Å². The number of hydrogen-bond acceptors (Lipinski definition) is 5. The van der Waals surface area contributed by atoms with Crippen LogP contribution in [0.4, 0.5) is 5.69 Å². The Morgan fingerprint density at radius 2 is 1.57 bits per heavy atom. The summed E-state index contributed by atoms with van der Waals surface area (Å²) in [6.07, 6.45) is 1.71. The van der Waals surface area contributed by atoms with Gasteiger partial charge in [-0.1, -0.05) is 0 Å². The Kier molecular flexibility index (Phi) is 6.76. The Morgan fingerprint density at radius 1 is 1.00 bits per heavy atom. The summed E-state index contributed by atoms with van der Waals surface area (Å²) >= 11 is 0. The summed E-state index contributed by atoms with van der Waals surface area (Å²) in [4.78, 5) is 14.7.